The van der Waals surface area contributed by atoms with E-state index in [2.05, 4.69) is 10.4 Å². The number of benzene rings is 2. The van der Waals surface area contributed by atoms with Crippen molar-refractivity contribution in [3.05, 3.63) is 71.4 Å². The standard InChI is InChI=1S/C21H19F2N5O2/c22-14-3-7-16(8-4-14)28-21(25)18(12-24)19(27-28)2-1-11-26-20(29)13-30-17-9-5-15(23)6-10-17/h3-10H,1-2,11,13,25H2,(H,26,29). The number of nitrogens with one attached hydrogen (secondary N) is 1. The van der Waals surface area contributed by atoms with E-state index in [1.54, 1.807) is 0 Å². The SMILES string of the molecule is N#Cc1c(CCCNC(=O)COc2ccc(F)cc2)nn(-c2ccc(F)cc2)c1N. The number of nitrogens with two attached hydrogens (primary N) is 1. The molecule has 3 aromatic rings. The molecule has 154 valence electrons. The smallest absolute Gasteiger partial charge is 0.257 e. The Morgan fingerprint density at radius 1 is 1.13 bits per heavy atom. The van der Waals surface area contributed by atoms with Crippen LogP contribution in [0.2, 0.25) is 0 Å². The predicted molar refractivity (Wildman–Crippen MR) is 106 cm³/mol. The van der Waals surface area contributed by atoms with Crippen LogP contribution in [-0.4, -0.2) is 28.8 Å². The molecule has 0 atom stereocenters. The molecule has 0 aliphatic heterocycles. The number of ether oxygens (including phenoxy) is 1. The first kappa shape index (κ1) is 20.8. The summed E-state index contributed by atoms with van der Waals surface area (Å²) in [5.41, 5.74) is 7.31. The summed E-state index contributed by atoms with van der Waals surface area (Å²) >= 11 is 0. The van der Waals surface area contributed by atoms with Crippen LogP contribution in [0.5, 0.6) is 5.75 Å². The maximum Gasteiger partial charge on any atom is 0.257 e. The minimum atomic E-state index is -0.385. The van der Waals surface area contributed by atoms with Gasteiger partial charge < -0.3 is 15.8 Å². The van der Waals surface area contributed by atoms with Gasteiger partial charge in [-0.1, -0.05) is 0 Å². The summed E-state index contributed by atoms with van der Waals surface area (Å²) in [4.78, 5) is 11.9. The molecule has 3 rings (SSSR count). The number of nitrogen functional groups attached to an aromatic ring is 1. The lowest BCUT2D eigenvalue weighted by molar-refractivity contribution is -0.123. The van der Waals surface area contributed by atoms with Crippen molar-refractivity contribution in [2.75, 3.05) is 18.9 Å². The van der Waals surface area contributed by atoms with E-state index in [4.69, 9.17) is 10.5 Å². The van der Waals surface area contributed by atoms with Crippen molar-refractivity contribution in [3.63, 3.8) is 0 Å². The number of anilines is 1. The monoisotopic (exact) mass is 411 g/mol. The third kappa shape index (κ3) is 5.11. The van der Waals surface area contributed by atoms with Crippen LogP contribution in [0.15, 0.2) is 48.5 Å². The fourth-order valence-electron chi connectivity index (χ4n) is 2.77. The summed E-state index contributed by atoms with van der Waals surface area (Å²) in [5, 5.41) is 16.5. The zero-order valence-electron chi connectivity index (χ0n) is 15.9. The van der Waals surface area contributed by atoms with Gasteiger partial charge in [-0.3, -0.25) is 4.79 Å². The third-order valence-electron chi connectivity index (χ3n) is 4.27. The van der Waals surface area contributed by atoms with Gasteiger partial charge in [0.1, 0.15) is 34.8 Å². The second-order valence-corrected chi connectivity index (χ2v) is 6.40. The van der Waals surface area contributed by atoms with Crippen LogP contribution in [0.25, 0.3) is 5.69 Å². The molecule has 9 heteroatoms. The summed E-state index contributed by atoms with van der Waals surface area (Å²) in [6.07, 6.45) is 0.942. The van der Waals surface area contributed by atoms with Gasteiger partial charge in [0, 0.05) is 6.54 Å². The molecule has 0 spiro atoms. The van der Waals surface area contributed by atoms with Gasteiger partial charge in [0.15, 0.2) is 6.61 Å². The van der Waals surface area contributed by atoms with Crippen LogP contribution in [0.4, 0.5) is 14.6 Å². The van der Waals surface area contributed by atoms with E-state index in [1.165, 1.54) is 53.2 Å². The summed E-state index contributed by atoms with van der Waals surface area (Å²) in [6, 6.07) is 13.0. The average Bonchev–Trinajstić information content (AvgIpc) is 3.06. The van der Waals surface area contributed by atoms with Crippen LogP contribution in [0.1, 0.15) is 17.7 Å². The lowest BCUT2D eigenvalue weighted by Gasteiger charge is -2.07. The molecule has 0 aliphatic carbocycles. The molecule has 30 heavy (non-hydrogen) atoms. The van der Waals surface area contributed by atoms with E-state index in [1.807, 2.05) is 6.07 Å². The van der Waals surface area contributed by atoms with E-state index in [9.17, 15) is 18.8 Å². The van der Waals surface area contributed by atoms with Crippen LogP contribution < -0.4 is 15.8 Å². The fraction of sp³-hybridized carbons (Fsp3) is 0.190. The molecule has 1 heterocycles. The number of amides is 1. The zero-order valence-corrected chi connectivity index (χ0v) is 15.9. The van der Waals surface area contributed by atoms with Gasteiger partial charge in [0.2, 0.25) is 0 Å². The highest BCUT2D eigenvalue weighted by Gasteiger charge is 2.16. The molecule has 1 amide bonds. The maximum atomic E-state index is 13.1. The molecule has 0 aliphatic rings. The van der Waals surface area contributed by atoms with Crippen molar-refractivity contribution in [1.82, 2.24) is 15.1 Å². The molecule has 0 bridgehead atoms. The van der Waals surface area contributed by atoms with Crippen molar-refractivity contribution in [2.24, 2.45) is 0 Å². The highest BCUT2D eigenvalue weighted by molar-refractivity contribution is 5.77. The van der Waals surface area contributed by atoms with Crippen molar-refractivity contribution in [3.8, 4) is 17.5 Å². The highest BCUT2D eigenvalue weighted by Crippen LogP contribution is 2.21. The van der Waals surface area contributed by atoms with Gasteiger partial charge in [-0.2, -0.15) is 10.4 Å². The van der Waals surface area contributed by atoms with Gasteiger partial charge in [0.25, 0.3) is 5.91 Å². The third-order valence-corrected chi connectivity index (χ3v) is 4.27. The van der Waals surface area contributed by atoms with Gasteiger partial charge in [-0.15, -0.1) is 0 Å². The van der Waals surface area contributed by atoms with Crippen LogP contribution >= 0.6 is 0 Å². The highest BCUT2D eigenvalue weighted by atomic mass is 19.1. The number of hydrogen-bond donors (Lipinski definition) is 2. The van der Waals surface area contributed by atoms with Crippen LogP contribution in [0, 0.1) is 23.0 Å². The summed E-state index contributed by atoms with van der Waals surface area (Å²) in [7, 11) is 0. The summed E-state index contributed by atoms with van der Waals surface area (Å²) in [5.74, 6) is -0.519. The molecule has 0 radical (unpaired) electrons. The fourth-order valence-corrected chi connectivity index (χ4v) is 2.77. The van der Waals surface area contributed by atoms with Gasteiger partial charge in [-0.05, 0) is 61.4 Å². The Hall–Kier alpha value is -3.93. The molecule has 7 nitrogen and oxygen atoms in total. The average molecular weight is 411 g/mol. The second-order valence-electron chi connectivity index (χ2n) is 6.40. The Morgan fingerprint density at radius 3 is 2.40 bits per heavy atom. The number of aryl methyl sites for hydroxylation is 1. The van der Waals surface area contributed by atoms with Crippen LogP contribution in [0.3, 0.4) is 0 Å². The topological polar surface area (TPSA) is 106 Å². The first-order valence-corrected chi connectivity index (χ1v) is 9.16. The molecule has 2 aromatic carbocycles. The molecule has 1 aromatic heterocycles. The molecule has 0 fully saturated rings. The predicted octanol–water partition coefficient (Wildman–Crippen LogP) is 2.73. The Labute approximate surface area is 171 Å². The van der Waals surface area contributed by atoms with Gasteiger partial charge in [0.05, 0.1) is 11.4 Å². The van der Waals surface area contributed by atoms with Gasteiger partial charge >= 0.3 is 0 Å². The Bertz CT molecular complexity index is 1060. The normalized spacial score (nSPS) is 10.4. The Kier molecular flexibility index (Phi) is 6.60. The molecular weight excluding hydrogens is 392 g/mol. The van der Waals surface area contributed by atoms with E-state index < -0.39 is 0 Å². The Balaban J connectivity index is 1.51. The number of hydrogen-bond acceptors (Lipinski definition) is 5. The number of halogens is 2. The van der Waals surface area contributed by atoms with E-state index >= 15 is 0 Å². The van der Waals surface area contributed by atoms with Crippen molar-refractivity contribution >= 4 is 11.7 Å². The number of carbonyl (C=O) groups is 1. The maximum absolute atomic E-state index is 13.1. The Morgan fingerprint density at radius 2 is 1.77 bits per heavy atom. The van der Waals surface area contributed by atoms with E-state index in [-0.39, 0.29) is 35.5 Å². The lowest BCUT2D eigenvalue weighted by atomic mass is 10.1. The first-order valence-electron chi connectivity index (χ1n) is 9.16. The second kappa shape index (κ2) is 9.52. The quantitative estimate of drug-likeness (QED) is 0.555. The minimum absolute atomic E-state index is 0.177. The largest absolute Gasteiger partial charge is 0.484 e. The first-order chi connectivity index (χ1) is 14.5. The number of aromatic nitrogens is 2. The van der Waals surface area contributed by atoms with Crippen LogP contribution in [-0.2, 0) is 11.2 Å². The number of nitrogens with zero attached hydrogens (tertiary/aromatic N) is 3. The molecule has 0 saturated carbocycles. The minimum Gasteiger partial charge on any atom is -0.484 e. The van der Waals surface area contributed by atoms with Gasteiger partial charge in [-0.25, -0.2) is 13.5 Å². The number of nitriles is 1. The van der Waals surface area contributed by atoms with Crippen molar-refractivity contribution in [1.29, 1.82) is 5.26 Å². The molecule has 3 N–H and O–H groups in total. The number of carbonyl (C=O) groups excluding carboxylic acids is 1. The van der Waals surface area contributed by atoms with E-state index in [0.29, 0.717) is 36.5 Å². The molecule has 0 saturated heterocycles. The number of rotatable bonds is 8. The molecule has 0 unspecified atom stereocenters. The molecular formula is C21H19F2N5O2. The van der Waals surface area contributed by atoms with Crippen molar-refractivity contribution < 1.29 is 18.3 Å². The lowest BCUT2D eigenvalue weighted by Crippen LogP contribution is -2.29. The summed E-state index contributed by atoms with van der Waals surface area (Å²) < 4.78 is 32.6. The summed E-state index contributed by atoms with van der Waals surface area (Å²) in [6.45, 7) is 0.154. The van der Waals surface area contributed by atoms with E-state index in [0.717, 1.165) is 0 Å². The van der Waals surface area contributed by atoms with Crippen molar-refractivity contribution in [2.45, 2.75) is 12.8 Å². The zero-order chi connectivity index (χ0) is 21.5.